The van der Waals surface area contributed by atoms with Crippen molar-refractivity contribution >= 4 is 22.9 Å². The number of fused-ring (bicyclic) bond motifs is 1. The van der Waals surface area contributed by atoms with E-state index in [2.05, 4.69) is 24.0 Å². The summed E-state index contributed by atoms with van der Waals surface area (Å²) < 4.78 is 0. The molecule has 0 saturated heterocycles. The van der Waals surface area contributed by atoms with Crippen molar-refractivity contribution in [3.63, 3.8) is 0 Å². The standard InChI is InChI=1S/C22H25N3O2/c1-4-5-16-7-10-19-20(13-16)24-25(23-19)21-11-8-17(14-22(21)27)12-18(26)9-6-15(2)3/h4-5,7-8,10-11,13-15,27H,6,9,12H2,1-3H3/b5-4+. The zero-order valence-corrected chi connectivity index (χ0v) is 16.0. The SMILES string of the molecule is C/C=C/c1ccc2nn(-c3ccc(CC(=O)CCC(C)C)cc3O)nc2c1. The minimum Gasteiger partial charge on any atom is -0.506 e. The van der Waals surface area contributed by atoms with Gasteiger partial charge in [0.05, 0.1) is 0 Å². The molecule has 5 heteroatoms. The first-order chi connectivity index (χ1) is 13.0. The minimum absolute atomic E-state index is 0.0677. The van der Waals surface area contributed by atoms with Gasteiger partial charge in [-0.1, -0.05) is 38.1 Å². The Morgan fingerprint density at radius 3 is 2.63 bits per heavy atom. The van der Waals surface area contributed by atoms with Crippen LogP contribution in [0, 0.1) is 5.92 Å². The van der Waals surface area contributed by atoms with Gasteiger partial charge in [-0.15, -0.1) is 15.0 Å². The Morgan fingerprint density at radius 1 is 1.15 bits per heavy atom. The summed E-state index contributed by atoms with van der Waals surface area (Å²) in [5.74, 6) is 0.770. The van der Waals surface area contributed by atoms with E-state index in [1.54, 1.807) is 12.1 Å². The average molecular weight is 363 g/mol. The smallest absolute Gasteiger partial charge is 0.143 e. The minimum atomic E-state index is 0.0677. The van der Waals surface area contributed by atoms with Crippen LogP contribution < -0.4 is 0 Å². The number of nitrogens with zero attached hydrogens (tertiary/aromatic N) is 3. The van der Waals surface area contributed by atoms with Crippen molar-refractivity contribution in [3.05, 3.63) is 53.6 Å². The molecule has 3 aromatic rings. The molecule has 0 atom stereocenters. The Hall–Kier alpha value is -2.95. The Morgan fingerprint density at radius 2 is 1.93 bits per heavy atom. The van der Waals surface area contributed by atoms with Gasteiger partial charge in [-0.25, -0.2) is 0 Å². The molecule has 5 nitrogen and oxygen atoms in total. The van der Waals surface area contributed by atoms with Crippen molar-refractivity contribution in [1.29, 1.82) is 0 Å². The Bertz CT molecular complexity index is 986. The fourth-order valence-electron chi connectivity index (χ4n) is 2.95. The lowest BCUT2D eigenvalue weighted by molar-refractivity contribution is -0.118. The van der Waals surface area contributed by atoms with Gasteiger partial charge in [-0.2, -0.15) is 0 Å². The summed E-state index contributed by atoms with van der Waals surface area (Å²) >= 11 is 0. The zero-order chi connectivity index (χ0) is 19.4. The Labute approximate surface area is 159 Å². The van der Waals surface area contributed by atoms with E-state index < -0.39 is 0 Å². The number of allylic oxidation sites excluding steroid dienone is 1. The van der Waals surface area contributed by atoms with E-state index in [0.717, 1.165) is 28.6 Å². The molecule has 0 radical (unpaired) electrons. The third kappa shape index (κ3) is 4.61. The van der Waals surface area contributed by atoms with Gasteiger partial charge in [-0.05, 0) is 54.7 Å². The number of hydrogen-bond donors (Lipinski definition) is 1. The van der Waals surface area contributed by atoms with Gasteiger partial charge < -0.3 is 5.11 Å². The van der Waals surface area contributed by atoms with Crippen molar-refractivity contribution in [1.82, 2.24) is 15.0 Å². The first-order valence-corrected chi connectivity index (χ1v) is 9.30. The molecule has 0 aliphatic heterocycles. The summed E-state index contributed by atoms with van der Waals surface area (Å²) in [6.07, 6.45) is 5.77. The molecule has 0 aliphatic carbocycles. The lowest BCUT2D eigenvalue weighted by Crippen LogP contribution is -2.05. The van der Waals surface area contributed by atoms with Crippen molar-refractivity contribution < 1.29 is 9.90 Å². The quantitative estimate of drug-likeness (QED) is 0.660. The molecule has 1 heterocycles. The number of hydrogen-bond acceptors (Lipinski definition) is 4. The molecule has 0 unspecified atom stereocenters. The number of carbonyl (C=O) groups excluding carboxylic acids is 1. The molecule has 2 aromatic carbocycles. The monoisotopic (exact) mass is 363 g/mol. The van der Waals surface area contributed by atoms with Crippen LogP contribution in [0.4, 0.5) is 0 Å². The largest absolute Gasteiger partial charge is 0.506 e. The van der Waals surface area contributed by atoms with Gasteiger partial charge >= 0.3 is 0 Å². The lowest BCUT2D eigenvalue weighted by atomic mass is 10.0. The number of aromatic nitrogens is 3. The number of Topliss-reactive ketones (excluding diaryl/α,β-unsaturated/α-hetero) is 1. The lowest BCUT2D eigenvalue weighted by Gasteiger charge is -2.07. The highest BCUT2D eigenvalue weighted by Gasteiger charge is 2.12. The highest BCUT2D eigenvalue weighted by atomic mass is 16.3. The van der Waals surface area contributed by atoms with Crippen molar-refractivity contribution in [2.24, 2.45) is 5.92 Å². The summed E-state index contributed by atoms with van der Waals surface area (Å²) in [6, 6.07) is 11.1. The third-order valence-electron chi connectivity index (χ3n) is 4.42. The molecule has 3 rings (SSSR count). The van der Waals surface area contributed by atoms with Crippen molar-refractivity contribution in [2.45, 2.75) is 40.0 Å². The highest BCUT2D eigenvalue weighted by molar-refractivity contribution is 5.81. The second-order valence-corrected chi connectivity index (χ2v) is 7.21. The van der Waals surface area contributed by atoms with E-state index in [1.807, 2.05) is 43.3 Å². The van der Waals surface area contributed by atoms with E-state index in [1.165, 1.54) is 4.80 Å². The van der Waals surface area contributed by atoms with Crippen LogP contribution in [0.3, 0.4) is 0 Å². The molecule has 0 bridgehead atoms. The number of aromatic hydroxyl groups is 1. The number of carbonyl (C=O) groups is 1. The van der Waals surface area contributed by atoms with E-state index in [4.69, 9.17) is 0 Å². The van der Waals surface area contributed by atoms with Crippen molar-refractivity contribution in [3.8, 4) is 11.4 Å². The van der Waals surface area contributed by atoms with Crippen LogP contribution >= 0.6 is 0 Å². The summed E-state index contributed by atoms with van der Waals surface area (Å²) in [5, 5.41) is 19.3. The molecule has 27 heavy (non-hydrogen) atoms. The molecule has 0 spiro atoms. The molecule has 1 N–H and O–H groups in total. The molecule has 0 saturated carbocycles. The molecule has 1 aromatic heterocycles. The predicted molar refractivity (Wildman–Crippen MR) is 108 cm³/mol. The fourth-order valence-corrected chi connectivity index (χ4v) is 2.95. The van der Waals surface area contributed by atoms with E-state index in [9.17, 15) is 9.90 Å². The summed E-state index contributed by atoms with van der Waals surface area (Å²) in [5.41, 5.74) is 3.87. The van der Waals surface area contributed by atoms with Gasteiger partial charge in [0, 0.05) is 12.8 Å². The van der Waals surface area contributed by atoms with Crippen molar-refractivity contribution in [2.75, 3.05) is 0 Å². The Balaban J connectivity index is 1.81. The maximum Gasteiger partial charge on any atom is 0.143 e. The first-order valence-electron chi connectivity index (χ1n) is 9.30. The second kappa shape index (κ2) is 8.16. The molecule has 0 amide bonds. The number of ketones is 1. The van der Waals surface area contributed by atoms with Gasteiger partial charge in [0.25, 0.3) is 0 Å². The number of benzene rings is 2. The molecule has 0 aliphatic rings. The summed E-state index contributed by atoms with van der Waals surface area (Å²) in [6.45, 7) is 6.18. The van der Waals surface area contributed by atoms with Crippen LogP contribution in [-0.2, 0) is 11.2 Å². The highest BCUT2D eigenvalue weighted by Crippen LogP contribution is 2.24. The zero-order valence-electron chi connectivity index (χ0n) is 16.0. The molecular weight excluding hydrogens is 338 g/mol. The molecule has 140 valence electrons. The van der Waals surface area contributed by atoms with E-state index in [0.29, 0.717) is 24.4 Å². The number of phenols is 1. The predicted octanol–water partition coefficient (Wildman–Crippen LogP) is 4.71. The summed E-state index contributed by atoms with van der Waals surface area (Å²) in [4.78, 5) is 13.5. The van der Waals surface area contributed by atoms with Crippen LogP contribution in [0.15, 0.2) is 42.5 Å². The molecular formula is C22H25N3O2. The van der Waals surface area contributed by atoms with E-state index >= 15 is 0 Å². The number of rotatable bonds is 7. The molecule has 0 fully saturated rings. The van der Waals surface area contributed by atoms with Gasteiger partial charge in [0.1, 0.15) is 28.3 Å². The van der Waals surface area contributed by atoms with Gasteiger partial charge in [0.2, 0.25) is 0 Å². The maximum absolute atomic E-state index is 12.1. The van der Waals surface area contributed by atoms with Gasteiger partial charge in [-0.3, -0.25) is 4.79 Å². The van der Waals surface area contributed by atoms with E-state index in [-0.39, 0.29) is 11.5 Å². The first kappa shape index (κ1) is 18.8. The van der Waals surface area contributed by atoms with Crippen LogP contribution in [0.1, 0.15) is 44.7 Å². The summed E-state index contributed by atoms with van der Waals surface area (Å²) in [7, 11) is 0. The third-order valence-corrected chi connectivity index (χ3v) is 4.42. The van der Waals surface area contributed by atoms with Crippen LogP contribution in [0.25, 0.3) is 22.8 Å². The van der Waals surface area contributed by atoms with Crippen LogP contribution in [0.2, 0.25) is 0 Å². The average Bonchev–Trinajstić information content (AvgIpc) is 3.03. The van der Waals surface area contributed by atoms with Crippen LogP contribution in [0.5, 0.6) is 5.75 Å². The topological polar surface area (TPSA) is 68.0 Å². The maximum atomic E-state index is 12.1. The second-order valence-electron chi connectivity index (χ2n) is 7.21. The Kier molecular flexibility index (Phi) is 5.69. The normalized spacial score (nSPS) is 11.7. The number of phenolic OH excluding ortho intramolecular Hbond substituents is 1. The van der Waals surface area contributed by atoms with Gasteiger partial charge in [0.15, 0.2) is 0 Å². The fraction of sp³-hybridized carbons (Fsp3) is 0.318. The van der Waals surface area contributed by atoms with Crippen LogP contribution in [-0.4, -0.2) is 25.9 Å².